The Labute approximate surface area is 165 Å². The van der Waals surface area contributed by atoms with Crippen molar-refractivity contribution in [2.75, 3.05) is 26.3 Å². The number of benzene rings is 2. The van der Waals surface area contributed by atoms with Crippen LogP contribution in [0.1, 0.15) is 15.9 Å². The van der Waals surface area contributed by atoms with E-state index in [0.717, 1.165) is 26.5 Å². The molecule has 1 heterocycles. The van der Waals surface area contributed by atoms with Gasteiger partial charge in [0, 0.05) is 17.6 Å². The smallest absolute Gasteiger partial charge is 0.338 e. The molecule has 0 spiro atoms. The van der Waals surface area contributed by atoms with Crippen molar-refractivity contribution in [3.8, 4) is 0 Å². The molecule has 0 amide bonds. The molecule has 0 atom stereocenters. The summed E-state index contributed by atoms with van der Waals surface area (Å²) >= 11 is 3.32. The lowest BCUT2D eigenvalue weighted by Gasteiger charge is -2.26. The molecular weight excluding hydrogens is 441 g/mol. The summed E-state index contributed by atoms with van der Waals surface area (Å²) < 4.78 is 51.9. The van der Waals surface area contributed by atoms with Crippen molar-refractivity contribution >= 4 is 31.9 Å². The lowest BCUT2D eigenvalue weighted by Crippen LogP contribution is -2.41. The van der Waals surface area contributed by atoms with E-state index in [4.69, 9.17) is 9.47 Å². The summed E-state index contributed by atoms with van der Waals surface area (Å²) in [4.78, 5) is 11.7. The van der Waals surface area contributed by atoms with Crippen LogP contribution in [-0.2, 0) is 26.1 Å². The van der Waals surface area contributed by atoms with E-state index in [0.29, 0.717) is 0 Å². The number of hydrogen-bond acceptors (Lipinski definition) is 5. The summed E-state index contributed by atoms with van der Waals surface area (Å²) in [6, 6.07) is 10.4. The van der Waals surface area contributed by atoms with Gasteiger partial charge in [-0.2, -0.15) is 4.31 Å². The molecule has 0 saturated carbocycles. The van der Waals surface area contributed by atoms with Crippen LogP contribution in [0.3, 0.4) is 0 Å². The highest BCUT2D eigenvalue weighted by atomic mass is 79.9. The molecule has 1 fully saturated rings. The number of nitrogens with zero attached hydrogens (tertiary/aromatic N) is 1. The van der Waals surface area contributed by atoms with E-state index in [1.807, 2.05) is 12.1 Å². The SMILES string of the molecule is O=C(OCc1ccc(Br)cc1)c1ccc(F)c(S(=O)(=O)N2CCOCC2)c1. The zero-order valence-corrected chi connectivity index (χ0v) is 16.6. The highest BCUT2D eigenvalue weighted by Crippen LogP contribution is 2.22. The van der Waals surface area contributed by atoms with Gasteiger partial charge in [-0.25, -0.2) is 17.6 Å². The van der Waals surface area contributed by atoms with Crippen LogP contribution in [0.5, 0.6) is 0 Å². The first-order valence-corrected chi connectivity index (χ1v) is 10.4. The number of rotatable bonds is 5. The first kappa shape index (κ1) is 19.9. The minimum atomic E-state index is -4.06. The van der Waals surface area contributed by atoms with Crippen molar-refractivity contribution in [2.24, 2.45) is 0 Å². The number of carbonyl (C=O) groups is 1. The molecule has 0 N–H and O–H groups in total. The second kappa shape index (κ2) is 8.47. The van der Waals surface area contributed by atoms with Gasteiger partial charge in [0.05, 0.1) is 18.8 Å². The van der Waals surface area contributed by atoms with E-state index in [-0.39, 0.29) is 38.5 Å². The second-order valence-electron chi connectivity index (χ2n) is 5.86. The van der Waals surface area contributed by atoms with Crippen LogP contribution in [-0.4, -0.2) is 45.0 Å². The Bertz CT molecular complexity index is 927. The standard InChI is InChI=1S/C18H17BrFNO5S/c19-15-4-1-13(2-5-15)12-26-18(22)14-3-6-16(20)17(11-14)27(23,24)21-7-9-25-10-8-21/h1-6,11H,7-10,12H2. The molecule has 2 aromatic carbocycles. The van der Waals surface area contributed by atoms with Crippen molar-refractivity contribution in [1.82, 2.24) is 4.31 Å². The summed E-state index contributed by atoms with van der Waals surface area (Å²) in [6.07, 6.45) is 0. The fourth-order valence-electron chi connectivity index (χ4n) is 2.57. The normalized spacial score (nSPS) is 15.5. The summed E-state index contributed by atoms with van der Waals surface area (Å²) in [5, 5.41) is 0. The van der Waals surface area contributed by atoms with Crippen molar-refractivity contribution in [2.45, 2.75) is 11.5 Å². The summed E-state index contributed by atoms with van der Waals surface area (Å²) in [7, 11) is -4.06. The van der Waals surface area contributed by atoms with E-state index >= 15 is 0 Å². The molecule has 2 aromatic rings. The fraction of sp³-hybridized carbons (Fsp3) is 0.278. The number of morpholine rings is 1. The Balaban J connectivity index is 1.77. The lowest BCUT2D eigenvalue weighted by molar-refractivity contribution is 0.0472. The molecule has 0 bridgehead atoms. The van der Waals surface area contributed by atoms with Gasteiger partial charge in [-0.3, -0.25) is 0 Å². The number of hydrogen-bond donors (Lipinski definition) is 0. The Morgan fingerprint density at radius 3 is 2.48 bits per heavy atom. The van der Waals surface area contributed by atoms with E-state index in [9.17, 15) is 17.6 Å². The van der Waals surface area contributed by atoms with Crippen LogP contribution >= 0.6 is 15.9 Å². The van der Waals surface area contributed by atoms with Gasteiger partial charge in [0.15, 0.2) is 0 Å². The maximum absolute atomic E-state index is 14.2. The molecule has 0 unspecified atom stereocenters. The average Bonchev–Trinajstić information content (AvgIpc) is 2.68. The fourth-order valence-corrected chi connectivity index (χ4v) is 4.33. The second-order valence-corrected chi connectivity index (χ2v) is 8.69. The highest BCUT2D eigenvalue weighted by molar-refractivity contribution is 9.10. The summed E-state index contributed by atoms with van der Waals surface area (Å²) in [5.74, 6) is -1.64. The van der Waals surface area contributed by atoms with Gasteiger partial charge < -0.3 is 9.47 Å². The predicted molar refractivity (Wildman–Crippen MR) is 99.2 cm³/mol. The van der Waals surface area contributed by atoms with Gasteiger partial charge in [-0.05, 0) is 35.9 Å². The zero-order valence-electron chi connectivity index (χ0n) is 14.2. The molecule has 9 heteroatoms. The molecule has 1 aliphatic heterocycles. The van der Waals surface area contributed by atoms with Crippen LogP contribution < -0.4 is 0 Å². The summed E-state index contributed by atoms with van der Waals surface area (Å²) in [5.41, 5.74) is 0.746. The van der Waals surface area contributed by atoms with Gasteiger partial charge in [-0.1, -0.05) is 28.1 Å². The van der Waals surface area contributed by atoms with Gasteiger partial charge in [-0.15, -0.1) is 0 Å². The van der Waals surface area contributed by atoms with Gasteiger partial charge in [0.1, 0.15) is 17.3 Å². The van der Waals surface area contributed by atoms with E-state index in [2.05, 4.69) is 15.9 Å². The molecule has 6 nitrogen and oxygen atoms in total. The lowest BCUT2D eigenvalue weighted by atomic mass is 10.2. The van der Waals surface area contributed by atoms with E-state index < -0.39 is 26.7 Å². The molecule has 1 saturated heterocycles. The third kappa shape index (κ3) is 4.73. The zero-order chi connectivity index (χ0) is 19.4. The minimum Gasteiger partial charge on any atom is -0.457 e. The first-order chi connectivity index (χ1) is 12.9. The topological polar surface area (TPSA) is 72.9 Å². The minimum absolute atomic E-state index is 0.0229. The largest absolute Gasteiger partial charge is 0.457 e. The van der Waals surface area contributed by atoms with Crippen molar-refractivity contribution in [1.29, 1.82) is 0 Å². The monoisotopic (exact) mass is 457 g/mol. The molecule has 27 heavy (non-hydrogen) atoms. The Hall–Kier alpha value is -1.81. The Morgan fingerprint density at radius 2 is 1.81 bits per heavy atom. The van der Waals surface area contributed by atoms with Crippen LogP contribution in [0, 0.1) is 5.82 Å². The maximum Gasteiger partial charge on any atom is 0.338 e. The van der Waals surface area contributed by atoms with Gasteiger partial charge in [0.2, 0.25) is 10.0 Å². The predicted octanol–water partition coefficient (Wildman–Crippen LogP) is 2.97. The van der Waals surface area contributed by atoms with E-state index in [1.165, 1.54) is 6.07 Å². The van der Waals surface area contributed by atoms with Gasteiger partial charge >= 0.3 is 5.97 Å². The van der Waals surface area contributed by atoms with Crippen LogP contribution in [0.25, 0.3) is 0 Å². The third-order valence-electron chi connectivity index (χ3n) is 4.04. The maximum atomic E-state index is 14.2. The molecule has 0 aromatic heterocycles. The first-order valence-electron chi connectivity index (χ1n) is 8.17. The molecule has 1 aliphatic rings. The average molecular weight is 458 g/mol. The Morgan fingerprint density at radius 1 is 1.15 bits per heavy atom. The van der Waals surface area contributed by atoms with Crippen molar-refractivity contribution in [3.05, 3.63) is 63.9 Å². The quantitative estimate of drug-likeness (QED) is 0.645. The molecule has 144 valence electrons. The number of halogens is 2. The highest BCUT2D eigenvalue weighted by Gasteiger charge is 2.30. The number of ether oxygens (including phenoxy) is 2. The molecule has 0 aliphatic carbocycles. The van der Waals surface area contributed by atoms with Crippen molar-refractivity contribution in [3.63, 3.8) is 0 Å². The van der Waals surface area contributed by atoms with Crippen LogP contribution in [0.2, 0.25) is 0 Å². The molecule has 3 rings (SSSR count). The summed E-state index contributed by atoms with van der Waals surface area (Å²) in [6.45, 7) is 0.792. The number of sulfonamides is 1. The van der Waals surface area contributed by atoms with Crippen LogP contribution in [0.4, 0.5) is 4.39 Å². The molecule has 0 radical (unpaired) electrons. The van der Waals surface area contributed by atoms with E-state index in [1.54, 1.807) is 12.1 Å². The number of esters is 1. The molecular formula is C18H17BrFNO5S. The Kier molecular flexibility index (Phi) is 6.25. The van der Waals surface area contributed by atoms with Gasteiger partial charge in [0.25, 0.3) is 0 Å². The number of carbonyl (C=O) groups excluding carboxylic acids is 1. The third-order valence-corrected chi connectivity index (χ3v) is 6.48. The van der Waals surface area contributed by atoms with Crippen LogP contribution in [0.15, 0.2) is 51.8 Å². The van der Waals surface area contributed by atoms with Crippen molar-refractivity contribution < 1.29 is 27.1 Å².